The van der Waals surface area contributed by atoms with Crippen molar-refractivity contribution in [2.75, 3.05) is 6.54 Å². The van der Waals surface area contributed by atoms with E-state index in [0.29, 0.717) is 6.04 Å². The SMILES string of the molecule is CC#CCC(NCCC)C1C2CCCCC21. The molecule has 0 aliphatic heterocycles. The Balaban J connectivity index is 1.87. The Kier molecular flexibility index (Phi) is 4.29. The van der Waals surface area contributed by atoms with Crippen LogP contribution in [0.1, 0.15) is 52.4 Å². The minimum Gasteiger partial charge on any atom is -0.313 e. The van der Waals surface area contributed by atoms with Gasteiger partial charge in [0, 0.05) is 12.5 Å². The van der Waals surface area contributed by atoms with E-state index in [9.17, 15) is 0 Å². The Morgan fingerprint density at radius 2 is 1.94 bits per heavy atom. The van der Waals surface area contributed by atoms with Gasteiger partial charge in [-0.25, -0.2) is 0 Å². The molecule has 2 fully saturated rings. The molecule has 1 heteroatoms. The van der Waals surface area contributed by atoms with Crippen molar-refractivity contribution < 1.29 is 0 Å². The van der Waals surface area contributed by atoms with E-state index in [0.717, 1.165) is 30.7 Å². The summed E-state index contributed by atoms with van der Waals surface area (Å²) in [5.74, 6) is 9.36. The van der Waals surface area contributed by atoms with Crippen molar-refractivity contribution in [1.29, 1.82) is 0 Å². The van der Waals surface area contributed by atoms with Gasteiger partial charge in [0.15, 0.2) is 0 Å². The van der Waals surface area contributed by atoms with E-state index in [2.05, 4.69) is 24.1 Å². The fourth-order valence-electron chi connectivity index (χ4n) is 3.53. The van der Waals surface area contributed by atoms with Crippen LogP contribution in [0.15, 0.2) is 0 Å². The van der Waals surface area contributed by atoms with Gasteiger partial charge < -0.3 is 5.32 Å². The van der Waals surface area contributed by atoms with E-state index in [1.807, 2.05) is 6.92 Å². The molecule has 2 saturated carbocycles. The third-order valence-corrected chi connectivity index (χ3v) is 4.34. The predicted molar refractivity (Wildman–Crippen MR) is 69.1 cm³/mol. The van der Waals surface area contributed by atoms with Crippen LogP contribution in [-0.4, -0.2) is 12.6 Å². The molecule has 0 spiro atoms. The summed E-state index contributed by atoms with van der Waals surface area (Å²) in [5.41, 5.74) is 0. The molecule has 0 heterocycles. The second-order valence-electron chi connectivity index (χ2n) is 5.38. The first-order valence-electron chi connectivity index (χ1n) is 7.01. The van der Waals surface area contributed by atoms with Gasteiger partial charge in [0.2, 0.25) is 0 Å². The van der Waals surface area contributed by atoms with Crippen LogP contribution in [0.4, 0.5) is 0 Å². The summed E-state index contributed by atoms with van der Waals surface area (Å²) in [7, 11) is 0. The molecular formula is C15H25N. The van der Waals surface area contributed by atoms with E-state index < -0.39 is 0 Å². The highest BCUT2D eigenvalue weighted by Gasteiger charge is 2.53. The van der Waals surface area contributed by atoms with Gasteiger partial charge in [0.1, 0.15) is 0 Å². The lowest BCUT2D eigenvalue weighted by atomic mass is 10.0. The van der Waals surface area contributed by atoms with Crippen LogP contribution in [0.3, 0.4) is 0 Å². The first-order valence-corrected chi connectivity index (χ1v) is 7.01. The van der Waals surface area contributed by atoms with Gasteiger partial charge in [0.05, 0.1) is 0 Å². The second kappa shape index (κ2) is 5.73. The molecule has 0 radical (unpaired) electrons. The normalized spacial score (nSPS) is 33.5. The molecule has 3 atom stereocenters. The molecule has 2 aliphatic rings. The highest BCUT2D eigenvalue weighted by Crippen LogP contribution is 2.57. The zero-order valence-electron chi connectivity index (χ0n) is 10.8. The molecule has 3 unspecified atom stereocenters. The third-order valence-electron chi connectivity index (χ3n) is 4.34. The van der Waals surface area contributed by atoms with Crippen LogP contribution in [0, 0.1) is 29.6 Å². The Bertz CT molecular complexity index is 261. The Morgan fingerprint density at radius 1 is 1.25 bits per heavy atom. The number of hydrogen-bond donors (Lipinski definition) is 1. The monoisotopic (exact) mass is 219 g/mol. The number of nitrogens with one attached hydrogen (secondary N) is 1. The molecule has 2 aliphatic carbocycles. The lowest BCUT2D eigenvalue weighted by Gasteiger charge is -2.16. The fraction of sp³-hybridized carbons (Fsp3) is 0.867. The van der Waals surface area contributed by atoms with Crippen molar-refractivity contribution in [3.05, 3.63) is 0 Å². The van der Waals surface area contributed by atoms with Crippen molar-refractivity contribution in [2.24, 2.45) is 17.8 Å². The largest absolute Gasteiger partial charge is 0.313 e. The predicted octanol–water partition coefficient (Wildman–Crippen LogP) is 3.20. The van der Waals surface area contributed by atoms with Gasteiger partial charge in [-0.05, 0) is 50.5 Å². The van der Waals surface area contributed by atoms with E-state index in [1.54, 1.807) is 0 Å². The topological polar surface area (TPSA) is 12.0 Å². The van der Waals surface area contributed by atoms with E-state index in [1.165, 1.54) is 32.1 Å². The fourth-order valence-corrected chi connectivity index (χ4v) is 3.53. The van der Waals surface area contributed by atoms with Crippen molar-refractivity contribution >= 4 is 0 Å². The summed E-state index contributed by atoms with van der Waals surface area (Å²) in [6.45, 7) is 5.36. The zero-order valence-corrected chi connectivity index (χ0v) is 10.8. The first kappa shape index (κ1) is 12.0. The summed E-state index contributed by atoms with van der Waals surface area (Å²) in [5, 5.41) is 3.72. The van der Waals surface area contributed by atoms with E-state index >= 15 is 0 Å². The average Bonchev–Trinajstić information content (AvgIpc) is 3.04. The molecule has 0 bridgehead atoms. The summed E-state index contributed by atoms with van der Waals surface area (Å²) in [6.07, 6.45) is 8.21. The molecule has 0 saturated heterocycles. The molecule has 1 N–H and O–H groups in total. The minimum absolute atomic E-state index is 0.681. The molecular weight excluding hydrogens is 194 g/mol. The van der Waals surface area contributed by atoms with Crippen molar-refractivity contribution in [2.45, 2.75) is 58.4 Å². The van der Waals surface area contributed by atoms with Crippen LogP contribution in [0.2, 0.25) is 0 Å². The molecule has 90 valence electrons. The Hall–Kier alpha value is -0.480. The molecule has 16 heavy (non-hydrogen) atoms. The second-order valence-corrected chi connectivity index (χ2v) is 5.38. The van der Waals surface area contributed by atoms with Gasteiger partial charge in [-0.3, -0.25) is 0 Å². The Labute approximate surface area is 100 Å². The van der Waals surface area contributed by atoms with Crippen LogP contribution in [-0.2, 0) is 0 Å². The van der Waals surface area contributed by atoms with E-state index in [-0.39, 0.29) is 0 Å². The third kappa shape index (κ3) is 2.61. The molecule has 0 aromatic carbocycles. The average molecular weight is 219 g/mol. The summed E-state index contributed by atoms with van der Waals surface area (Å²) < 4.78 is 0. The quantitative estimate of drug-likeness (QED) is 0.700. The van der Waals surface area contributed by atoms with Gasteiger partial charge in [-0.1, -0.05) is 19.8 Å². The first-order chi connectivity index (χ1) is 7.88. The minimum atomic E-state index is 0.681. The maximum absolute atomic E-state index is 3.72. The number of rotatable bonds is 5. The molecule has 0 aromatic heterocycles. The molecule has 1 nitrogen and oxygen atoms in total. The maximum Gasteiger partial charge on any atom is 0.0246 e. The Morgan fingerprint density at radius 3 is 2.50 bits per heavy atom. The zero-order chi connectivity index (χ0) is 11.4. The highest BCUT2D eigenvalue weighted by atomic mass is 14.9. The standard InChI is InChI=1S/C15H25N/c1-3-5-10-14(16-11-4-2)15-12-8-6-7-9-13(12)15/h12-16H,4,6-11H2,1-2H3. The van der Waals surface area contributed by atoms with Gasteiger partial charge >= 0.3 is 0 Å². The van der Waals surface area contributed by atoms with Crippen molar-refractivity contribution in [1.82, 2.24) is 5.32 Å². The van der Waals surface area contributed by atoms with Crippen LogP contribution >= 0.6 is 0 Å². The molecule has 0 aromatic rings. The number of hydrogen-bond acceptors (Lipinski definition) is 1. The summed E-state index contributed by atoms with van der Waals surface area (Å²) >= 11 is 0. The maximum atomic E-state index is 3.72. The van der Waals surface area contributed by atoms with Crippen LogP contribution in [0.25, 0.3) is 0 Å². The summed E-state index contributed by atoms with van der Waals surface area (Å²) in [6, 6.07) is 0.681. The lowest BCUT2D eigenvalue weighted by molar-refractivity contribution is 0.437. The van der Waals surface area contributed by atoms with Crippen LogP contribution in [0.5, 0.6) is 0 Å². The number of fused-ring (bicyclic) bond motifs is 1. The van der Waals surface area contributed by atoms with Crippen molar-refractivity contribution in [3.8, 4) is 11.8 Å². The summed E-state index contributed by atoms with van der Waals surface area (Å²) in [4.78, 5) is 0. The van der Waals surface area contributed by atoms with Gasteiger partial charge in [-0.2, -0.15) is 0 Å². The smallest absolute Gasteiger partial charge is 0.0246 e. The molecule has 2 rings (SSSR count). The van der Waals surface area contributed by atoms with Crippen molar-refractivity contribution in [3.63, 3.8) is 0 Å². The van der Waals surface area contributed by atoms with Gasteiger partial charge in [-0.15, -0.1) is 11.8 Å². The lowest BCUT2D eigenvalue weighted by Crippen LogP contribution is -2.32. The molecule has 0 amide bonds. The van der Waals surface area contributed by atoms with Crippen LogP contribution < -0.4 is 5.32 Å². The highest BCUT2D eigenvalue weighted by molar-refractivity contribution is 5.09. The van der Waals surface area contributed by atoms with E-state index in [4.69, 9.17) is 0 Å². The van der Waals surface area contributed by atoms with Gasteiger partial charge in [0.25, 0.3) is 0 Å².